The quantitative estimate of drug-likeness (QED) is 0.848. The fourth-order valence-electron chi connectivity index (χ4n) is 1.87. The summed E-state index contributed by atoms with van der Waals surface area (Å²) in [4.78, 5) is 11.7. The highest BCUT2D eigenvalue weighted by atomic mass is 16.5. The molecule has 3 heteroatoms. The van der Waals surface area contributed by atoms with E-state index in [1.807, 2.05) is 25.1 Å². The highest BCUT2D eigenvalue weighted by molar-refractivity contribution is 5.93. The lowest BCUT2D eigenvalue weighted by atomic mass is 9.85. The molecule has 0 heterocycles. The first-order valence-corrected chi connectivity index (χ1v) is 5.66. The summed E-state index contributed by atoms with van der Waals surface area (Å²) in [6.07, 6.45) is 3.24. The van der Waals surface area contributed by atoms with Gasteiger partial charge in [0, 0.05) is 11.6 Å². The first kappa shape index (κ1) is 11.0. The summed E-state index contributed by atoms with van der Waals surface area (Å²) >= 11 is 0. The smallest absolute Gasteiger partial charge is 0.227 e. The number of rotatable bonds is 3. The lowest BCUT2D eigenvalue weighted by molar-refractivity contribution is -0.122. The van der Waals surface area contributed by atoms with E-state index in [4.69, 9.17) is 4.74 Å². The molecule has 1 amide bonds. The van der Waals surface area contributed by atoms with Crippen molar-refractivity contribution in [1.82, 2.24) is 0 Å². The minimum Gasteiger partial charge on any atom is -0.496 e. The maximum Gasteiger partial charge on any atom is 0.227 e. The molecule has 0 atom stereocenters. The monoisotopic (exact) mass is 219 g/mol. The average Bonchev–Trinajstić information content (AvgIpc) is 2.15. The predicted molar refractivity (Wildman–Crippen MR) is 63.7 cm³/mol. The van der Waals surface area contributed by atoms with Crippen molar-refractivity contribution < 1.29 is 9.53 Å². The van der Waals surface area contributed by atoms with Crippen LogP contribution in [0.1, 0.15) is 24.8 Å². The van der Waals surface area contributed by atoms with Gasteiger partial charge in [-0.25, -0.2) is 0 Å². The number of ether oxygens (including phenoxy) is 1. The van der Waals surface area contributed by atoms with Gasteiger partial charge in [-0.2, -0.15) is 0 Å². The molecule has 0 aliphatic heterocycles. The second-order valence-electron chi connectivity index (χ2n) is 4.30. The fraction of sp³-hybridized carbons (Fsp3) is 0.462. The molecule has 2 rings (SSSR count). The molecule has 3 nitrogen and oxygen atoms in total. The molecule has 86 valence electrons. The number of methoxy groups -OCH3 is 1. The van der Waals surface area contributed by atoms with Gasteiger partial charge in [-0.1, -0.05) is 6.42 Å². The van der Waals surface area contributed by atoms with E-state index >= 15 is 0 Å². The highest BCUT2D eigenvalue weighted by Gasteiger charge is 2.25. The molecule has 16 heavy (non-hydrogen) atoms. The molecule has 0 bridgehead atoms. The van der Waals surface area contributed by atoms with Gasteiger partial charge in [0.2, 0.25) is 5.91 Å². The Morgan fingerprint density at radius 3 is 2.69 bits per heavy atom. The molecule has 1 N–H and O–H groups in total. The number of carbonyl (C=O) groups is 1. The van der Waals surface area contributed by atoms with Gasteiger partial charge in [0.1, 0.15) is 5.75 Å². The molecule has 0 aromatic heterocycles. The Kier molecular flexibility index (Phi) is 3.13. The Balaban J connectivity index is 2.03. The van der Waals surface area contributed by atoms with Crippen molar-refractivity contribution in [3.05, 3.63) is 23.8 Å². The summed E-state index contributed by atoms with van der Waals surface area (Å²) in [6.45, 7) is 1.97. The standard InChI is InChI=1S/C13H17NO2/c1-9-8-11(6-7-12(9)16-2)14-13(15)10-4-3-5-10/h6-8,10H,3-5H2,1-2H3,(H,14,15). The number of amides is 1. The van der Waals surface area contributed by atoms with Crippen molar-refractivity contribution in [1.29, 1.82) is 0 Å². The SMILES string of the molecule is COc1ccc(NC(=O)C2CCC2)cc1C. The van der Waals surface area contributed by atoms with E-state index < -0.39 is 0 Å². The van der Waals surface area contributed by atoms with Gasteiger partial charge in [-0.3, -0.25) is 4.79 Å². The molecule has 0 unspecified atom stereocenters. The minimum absolute atomic E-state index is 0.149. The highest BCUT2D eigenvalue weighted by Crippen LogP contribution is 2.28. The molecule has 0 saturated heterocycles. The minimum atomic E-state index is 0.149. The number of benzene rings is 1. The number of anilines is 1. The molecule has 1 aromatic rings. The van der Waals surface area contributed by atoms with Crippen LogP contribution >= 0.6 is 0 Å². The summed E-state index contributed by atoms with van der Waals surface area (Å²) in [5.41, 5.74) is 1.89. The number of hydrogen-bond acceptors (Lipinski definition) is 2. The summed E-state index contributed by atoms with van der Waals surface area (Å²) in [6, 6.07) is 5.70. The summed E-state index contributed by atoms with van der Waals surface area (Å²) in [7, 11) is 1.65. The maximum atomic E-state index is 11.7. The van der Waals surface area contributed by atoms with E-state index in [0.717, 1.165) is 29.8 Å². The zero-order chi connectivity index (χ0) is 11.5. The maximum absolute atomic E-state index is 11.7. The molecule has 0 radical (unpaired) electrons. The topological polar surface area (TPSA) is 38.3 Å². The molecule has 1 aliphatic rings. The van der Waals surface area contributed by atoms with Crippen molar-refractivity contribution in [2.24, 2.45) is 5.92 Å². The van der Waals surface area contributed by atoms with Gasteiger partial charge in [0.05, 0.1) is 7.11 Å². The first-order valence-electron chi connectivity index (χ1n) is 5.66. The van der Waals surface area contributed by atoms with Gasteiger partial charge in [-0.05, 0) is 43.5 Å². The number of hydrogen-bond donors (Lipinski definition) is 1. The Morgan fingerprint density at radius 2 is 2.19 bits per heavy atom. The summed E-state index contributed by atoms with van der Waals surface area (Å²) < 4.78 is 5.17. The normalized spacial score (nSPS) is 15.4. The Bertz CT molecular complexity index is 397. The lowest BCUT2D eigenvalue weighted by Crippen LogP contribution is -2.28. The average molecular weight is 219 g/mol. The zero-order valence-electron chi connectivity index (χ0n) is 9.75. The third-order valence-corrected chi connectivity index (χ3v) is 3.14. The Hall–Kier alpha value is -1.51. The van der Waals surface area contributed by atoms with Crippen LogP contribution in [0.15, 0.2) is 18.2 Å². The van der Waals surface area contributed by atoms with Crippen LogP contribution in [0.3, 0.4) is 0 Å². The van der Waals surface area contributed by atoms with E-state index in [2.05, 4.69) is 5.32 Å². The third kappa shape index (κ3) is 2.18. The molecule has 1 aliphatic carbocycles. The lowest BCUT2D eigenvalue weighted by Gasteiger charge is -2.24. The summed E-state index contributed by atoms with van der Waals surface area (Å²) in [5, 5.41) is 2.94. The van der Waals surface area contributed by atoms with Crippen LogP contribution in [0, 0.1) is 12.8 Å². The van der Waals surface area contributed by atoms with Crippen molar-refractivity contribution in [3.63, 3.8) is 0 Å². The molecular formula is C13H17NO2. The van der Waals surface area contributed by atoms with Crippen LogP contribution in [-0.2, 0) is 4.79 Å². The molecule has 1 aromatic carbocycles. The fourth-order valence-corrected chi connectivity index (χ4v) is 1.87. The van der Waals surface area contributed by atoms with Crippen molar-refractivity contribution >= 4 is 11.6 Å². The van der Waals surface area contributed by atoms with Crippen LogP contribution in [0.4, 0.5) is 5.69 Å². The van der Waals surface area contributed by atoms with E-state index in [1.165, 1.54) is 6.42 Å². The van der Waals surface area contributed by atoms with E-state index in [-0.39, 0.29) is 11.8 Å². The van der Waals surface area contributed by atoms with E-state index in [9.17, 15) is 4.79 Å². The predicted octanol–water partition coefficient (Wildman–Crippen LogP) is 2.74. The first-order chi connectivity index (χ1) is 7.70. The summed E-state index contributed by atoms with van der Waals surface area (Å²) in [5.74, 6) is 1.22. The van der Waals surface area contributed by atoms with Gasteiger partial charge in [0.15, 0.2) is 0 Å². The number of carbonyl (C=O) groups excluding carboxylic acids is 1. The van der Waals surface area contributed by atoms with Gasteiger partial charge >= 0.3 is 0 Å². The van der Waals surface area contributed by atoms with Gasteiger partial charge < -0.3 is 10.1 Å². The molecule has 1 fully saturated rings. The number of aryl methyl sites for hydroxylation is 1. The molecule has 0 spiro atoms. The van der Waals surface area contributed by atoms with Crippen LogP contribution in [0.2, 0.25) is 0 Å². The van der Waals surface area contributed by atoms with E-state index in [0.29, 0.717) is 0 Å². The van der Waals surface area contributed by atoms with Gasteiger partial charge in [0.25, 0.3) is 0 Å². The second-order valence-corrected chi connectivity index (χ2v) is 4.30. The van der Waals surface area contributed by atoms with Gasteiger partial charge in [-0.15, -0.1) is 0 Å². The number of nitrogens with one attached hydrogen (secondary N) is 1. The van der Waals surface area contributed by atoms with Crippen LogP contribution in [-0.4, -0.2) is 13.0 Å². The molecule has 1 saturated carbocycles. The van der Waals surface area contributed by atoms with Crippen LogP contribution in [0.25, 0.3) is 0 Å². The van der Waals surface area contributed by atoms with E-state index in [1.54, 1.807) is 7.11 Å². The largest absolute Gasteiger partial charge is 0.496 e. The van der Waals surface area contributed by atoms with Crippen molar-refractivity contribution in [2.75, 3.05) is 12.4 Å². The third-order valence-electron chi connectivity index (χ3n) is 3.14. The second kappa shape index (κ2) is 4.56. The van der Waals surface area contributed by atoms with Crippen LogP contribution in [0.5, 0.6) is 5.75 Å². The van der Waals surface area contributed by atoms with Crippen molar-refractivity contribution in [3.8, 4) is 5.75 Å². The Morgan fingerprint density at radius 1 is 1.44 bits per heavy atom. The molecular weight excluding hydrogens is 202 g/mol. The van der Waals surface area contributed by atoms with Crippen molar-refractivity contribution in [2.45, 2.75) is 26.2 Å². The Labute approximate surface area is 95.8 Å². The zero-order valence-corrected chi connectivity index (χ0v) is 9.75. The van der Waals surface area contributed by atoms with Crippen LogP contribution < -0.4 is 10.1 Å².